The van der Waals surface area contributed by atoms with E-state index in [9.17, 15) is 4.79 Å². The number of anilines is 1. The smallest absolute Gasteiger partial charge is 0.268 e. The number of nitrogen functional groups attached to an aromatic ring is 1. The highest BCUT2D eigenvalue weighted by molar-refractivity contribution is 5.93. The summed E-state index contributed by atoms with van der Waals surface area (Å²) in [6.07, 6.45) is 6.65. The van der Waals surface area contributed by atoms with Crippen molar-refractivity contribution in [3.63, 3.8) is 0 Å². The number of hydrogen-bond acceptors (Lipinski definition) is 2. The number of nitrogens with one attached hydrogen (secondary N) is 1. The molecule has 3 N–H and O–H groups in total. The number of nitrogens with zero attached hydrogens (tertiary/aromatic N) is 1. The van der Waals surface area contributed by atoms with E-state index in [1.165, 1.54) is 19.3 Å². The average molecular weight is 279 g/mol. The van der Waals surface area contributed by atoms with Crippen molar-refractivity contribution in [1.29, 1.82) is 0 Å². The molecule has 0 unspecified atom stereocenters. The molecule has 0 aromatic carbocycles. The average Bonchev–Trinajstić information content (AvgIpc) is 2.77. The third-order valence-corrected chi connectivity index (χ3v) is 3.68. The van der Waals surface area contributed by atoms with Gasteiger partial charge in [0.1, 0.15) is 5.69 Å². The van der Waals surface area contributed by atoms with Gasteiger partial charge < -0.3 is 15.6 Å². The fourth-order valence-electron chi connectivity index (χ4n) is 2.34. The lowest BCUT2D eigenvalue weighted by molar-refractivity contribution is 0.0925. The maximum absolute atomic E-state index is 12.2. The van der Waals surface area contributed by atoms with Crippen molar-refractivity contribution < 1.29 is 4.79 Å². The number of hydrogen-bond donors (Lipinski definition) is 2. The topological polar surface area (TPSA) is 60.1 Å². The second kappa shape index (κ2) is 7.36. The van der Waals surface area contributed by atoms with Crippen LogP contribution in [-0.2, 0) is 6.54 Å². The van der Waals surface area contributed by atoms with Gasteiger partial charge in [0.2, 0.25) is 0 Å². The molecule has 20 heavy (non-hydrogen) atoms. The summed E-state index contributed by atoms with van der Waals surface area (Å²) in [6, 6.07) is 1.74. The van der Waals surface area contributed by atoms with Gasteiger partial charge in [-0.2, -0.15) is 0 Å². The summed E-state index contributed by atoms with van der Waals surface area (Å²) in [7, 11) is 0. The second-order valence-electron chi connectivity index (χ2n) is 6.25. The van der Waals surface area contributed by atoms with Crippen LogP contribution < -0.4 is 11.1 Å². The van der Waals surface area contributed by atoms with E-state index in [2.05, 4.69) is 26.1 Å². The lowest BCUT2D eigenvalue weighted by atomic mass is 9.87. The number of nitrogens with two attached hydrogens (primary N) is 1. The molecule has 0 bridgehead atoms. The molecular formula is C16H29N3O. The van der Waals surface area contributed by atoms with Gasteiger partial charge in [-0.3, -0.25) is 4.79 Å². The quantitative estimate of drug-likeness (QED) is 0.716. The number of aryl methyl sites for hydroxylation is 1. The van der Waals surface area contributed by atoms with Crippen LogP contribution >= 0.6 is 0 Å². The molecule has 1 aromatic rings. The van der Waals surface area contributed by atoms with Crippen molar-refractivity contribution in [2.75, 3.05) is 12.3 Å². The molecule has 0 saturated heterocycles. The predicted molar refractivity (Wildman–Crippen MR) is 84.8 cm³/mol. The zero-order chi connectivity index (χ0) is 15.2. The fourth-order valence-corrected chi connectivity index (χ4v) is 2.34. The molecule has 4 heteroatoms. The molecule has 114 valence electrons. The highest BCUT2D eigenvalue weighted by Gasteiger charge is 2.20. The molecule has 1 amide bonds. The number of rotatable bonds is 8. The Labute approximate surface area is 122 Å². The Morgan fingerprint density at radius 1 is 1.35 bits per heavy atom. The van der Waals surface area contributed by atoms with Crippen LogP contribution in [-0.4, -0.2) is 17.0 Å². The van der Waals surface area contributed by atoms with Crippen molar-refractivity contribution in [3.05, 3.63) is 18.0 Å². The SMILES string of the molecule is CCCCCC(C)(C)CNC(=O)c1cc(N)cn1CC. The molecular weight excluding hydrogens is 250 g/mol. The minimum Gasteiger partial charge on any atom is -0.397 e. The third-order valence-electron chi connectivity index (χ3n) is 3.68. The van der Waals surface area contributed by atoms with Crippen LogP contribution in [0.2, 0.25) is 0 Å². The summed E-state index contributed by atoms with van der Waals surface area (Å²) >= 11 is 0. The minimum absolute atomic E-state index is 0.0351. The van der Waals surface area contributed by atoms with Gasteiger partial charge in [-0.1, -0.05) is 40.0 Å². The Morgan fingerprint density at radius 3 is 2.65 bits per heavy atom. The van der Waals surface area contributed by atoms with Crippen LogP contribution in [0, 0.1) is 5.41 Å². The van der Waals surface area contributed by atoms with Crippen LogP contribution in [0.1, 0.15) is 63.9 Å². The maximum atomic E-state index is 12.2. The molecule has 4 nitrogen and oxygen atoms in total. The second-order valence-corrected chi connectivity index (χ2v) is 6.25. The molecule has 0 aliphatic heterocycles. The number of carbonyl (C=O) groups is 1. The van der Waals surface area contributed by atoms with Crippen molar-refractivity contribution in [1.82, 2.24) is 9.88 Å². The molecule has 0 aliphatic carbocycles. The van der Waals surface area contributed by atoms with Gasteiger partial charge in [0, 0.05) is 19.3 Å². The number of carbonyl (C=O) groups excluding carboxylic acids is 1. The normalized spacial score (nSPS) is 11.6. The van der Waals surface area contributed by atoms with Gasteiger partial charge in [0.05, 0.1) is 5.69 Å². The van der Waals surface area contributed by atoms with E-state index in [-0.39, 0.29) is 11.3 Å². The summed E-state index contributed by atoms with van der Waals surface area (Å²) in [5, 5.41) is 3.04. The van der Waals surface area contributed by atoms with Gasteiger partial charge in [0.15, 0.2) is 0 Å². The highest BCUT2D eigenvalue weighted by Crippen LogP contribution is 2.23. The van der Waals surface area contributed by atoms with E-state index >= 15 is 0 Å². The van der Waals surface area contributed by atoms with Crippen LogP contribution in [0.25, 0.3) is 0 Å². The number of aromatic nitrogens is 1. The lowest BCUT2D eigenvalue weighted by Crippen LogP contribution is -2.35. The van der Waals surface area contributed by atoms with Crippen molar-refractivity contribution in [3.8, 4) is 0 Å². The standard InChI is InChI=1S/C16H29N3O/c1-5-7-8-9-16(3,4)12-18-15(20)14-10-13(17)11-19(14)6-2/h10-11H,5-9,12,17H2,1-4H3,(H,18,20). The van der Waals surface area contributed by atoms with Gasteiger partial charge in [0.25, 0.3) is 5.91 Å². The molecule has 1 rings (SSSR count). The van der Waals surface area contributed by atoms with Gasteiger partial charge in [-0.25, -0.2) is 0 Å². The van der Waals surface area contributed by atoms with Crippen LogP contribution in [0.5, 0.6) is 0 Å². The van der Waals surface area contributed by atoms with Crippen LogP contribution in [0.4, 0.5) is 5.69 Å². The predicted octanol–water partition coefficient (Wildman–Crippen LogP) is 3.43. The third kappa shape index (κ3) is 4.91. The maximum Gasteiger partial charge on any atom is 0.268 e. The van der Waals surface area contributed by atoms with Crippen molar-refractivity contribution >= 4 is 11.6 Å². The largest absolute Gasteiger partial charge is 0.397 e. The van der Waals surface area contributed by atoms with Gasteiger partial charge in [-0.05, 0) is 24.8 Å². The van der Waals surface area contributed by atoms with E-state index in [0.717, 1.165) is 13.0 Å². The summed E-state index contributed by atoms with van der Waals surface area (Å²) in [5.74, 6) is -0.0351. The molecule has 0 radical (unpaired) electrons. The summed E-state index contributed by atoms with van der Waals surface area (Å²) < 4.78 is 1.88. The van der Waals surface area contributed by atoms with Crippen molar-refractivity contribution in [2.45, 2.75) is 59.9 Å². The Hall–Kier alpha value is -1.45. The highest BCUT2D eigenvalue weighted by atomic mass is 16.1. The lowest BCUT2D eigenvalue weighted by Gasteiger charge is -2.25. The van der Waals surface area contributed by atoms with Crippen LogP contribution in [0.3, 0.4) is 0 Å². The fraction of sp³-hybridized carbons (Fsp3) is 0.688. The zero-order valence-corrected chi connectivity index (χ0v) is 13.3. The monoisotopic (exact) mass is 279 g/mol. The molecule has 1 aromatic heterocycles. The first-order valence-corrected chi connectivity index (χ1v) is 7.63. The van der Waals surface area contributed by atoms with Gasteiger partial charge >= 0.3 is 0 Å². The summed E-state index contributed by atoms with van der Waals surface area (Å²) in [6.45, 7) is 10.1. The number of amides is 1. The van der Waals surface area contributed by atoms with E-state index in [1.54, 1.807) is 12.3 Å². The zero-order valence-electron chi connectivity index (χ0n) is 13.3. The molecule has 1 heterocycles. The summed E-state index contributed by atoms with van der Waals surface area (Å²) in [4.78, 5) is 12.2. The van der Waals surface area contributed by atoms with E-state index in [0.29, 0.717) is 17.9 Å². The molecule has 0 saturated carbocycles. The molecule has 0 atom stereocenters. The molecule has 0 fully saturated rings. The Kier molecular flexibility index (Phi) is 6.11. The van der Waals surface area contributed by atoms with E-state index in [1.807, 2.05) is 11.5 Å². The Bertz CT molecular complexity index is 435. The Balaban J connectivity index is 2.53. The number of unbranched alkanes of at least 4 members (excludes halogenated alkanes) is 2. The molecule has 0 spiro atoms. The van der Waals surface area contributed by atoms with E-state index < -0.39 is 0 Å². The first-order chi connectivity index (χ1) is 9.39. The van der Waals surface area contributed by atoms with Crippen LogP contribution in [0.15, 0.2) is 12.3 Å². The minimum atomic E-state index is -0.0351. The first-order valence-electron chi connectivity index (χ1n) is 7.63. The van der Waals surface area contributed by atoms with E-state index in [4.69, 9.17) is 5.73 Å². The summed E-state index contributed by atoms with van der Waals surface area (Å²) in [5.41, 5.74) is 7.18. The van der Waals surface area contributed by atoms with Crippen molar-refractivity contribution in [2.24, 2.45) is 5.41 Å². The van der Waals surface area contributed by atoms with Gasteiger partial charge in [-0.15, -0.1) is 0 Å². The molecule has 0 aliphatic rings. The Morgan fingerprint density at radius 2 is 2.05 bits per heavy atom. The first kappa shape index (κ1) is 16.6.